The van der Waals surface area contributed by atoms with E-state index < -0.39 is 11.9 Å². The first-order valence-electron chi connectivity index (χ1n) is 2.88. The van der Waals surface area contributed by atoms with Gasteiger partial charge in [0.15, 0.2) is 0 Å². The molecule has 0 saturated heterocycles. The Hall–Kier alpha value is 1.78. The second kappa shape index (κ2) is 11.8. The van der Waals surface area contributed by atoms with Crippen LogP contribution >= 0.6 is 0 Å². The molecule has 0 bridgehead atoms. The van der Waals surface area contributed by atoms with Gasteiger partial charge in [-0.25, -0.2) is 0 Å². The zero-order valence-corrected chi connectivity index (χ0v) is 5.64. The Kier molecular flexibility index (Phi) is 19.8. The van der Waals surface area contributed by atoms with Crippen LogP contribution in [0, 0.1) is 0 Å². The minimum atomic E-state index is -0.534. The first-order valence-corrected chi connectivity index (χ1v) is 2.88. The van der Waals surface area contributed by atoms with Gasteiger partial charge in [-0.3, -0.25) is 9.59 Å². The van der Waals surface area contributed by atoms with Crippen molar-refractivity contribution in [3.8, 4) is 0 Å². The number of hydrogen-bond donors (Lipinski definition) is 0. The van der Waals surface area contributed by atoms with Gasteiger partial charge in [0.1, 0.15) is 0 Å². The van der Waals surface area contributed by atoms with Crippen molar-refractivity contribution in [2.75, 3.05) is 0 Å². The number of ether oxygens (including phenoxy) is 1. The van der Waals surface area contributed by atoms with Gasteiger partial charge < -0.3 is 4.74 Å². The van der Waals surface area contributed by atoms with Crippen LogP contribution in [-0.4, -0.2) is 92.9 Å². The molecule has 0 N–H and O–H groups in total. The molecule has 0 radical (unpaired) electrons. The van der Waals surface area contributed by atoms with E-state index >= 15 is 0 Å². The van der Waals surface area contributed by atoms with Gasteiger partial charge in [-0.15, -0.1) is 0 Å². The minimum absolute atomic E-state index is 0. The second-order valence-electron chi connectivity index (χ2n) is 1.72. The Labute approximate surface area is 131 Å². The summed E-state index contributed by atoms with van der Waals surface area (Å²) < 4.78 is 4.21. The Bertz CT molecular complexity index is 127. The van der Waals surface area contributed by atoms with Crippen LogP contribution in [0.3, 0.4) is 0 Å². The quantitative estimate of drug-likeness (QED) is 0.340. The molecule has 0 spiro atoms. The standard InChI is InChI=1S/C6H10O3.K.Na.2H/c1-3-4-6(8)9-5(2)7;;;;/h3-4H2,1-2H3;;;;. The SMILES string of the molecule is CCCC(=O)OC(C)=O.[KH].[NaH]. The number of carbonyl (C=O) groups is 2. The van der Waals surface area contributed by atoms with E-state index in [1.54, 1.807) is 0 Å². The van der Waals surface area contributed by atoms with Crippen molar-refractivity contribution in [3.63, 3.8) is 0 Å². The number of hydrogen-bond acceptors (Lipinski definition) is 3. The Morgan fingerprint density at radius 1 is 1.36 bits per heavy atom. The van der Waals surface area contributed by atoms with E-state index in [1.165, 1.54) is 6.92 Å². The topological polar surface area (TPSA) is 43.4 Å². The molecule has 0 aromatic carbocycles. The molecule has 56 valence electrons. The molecule has 11 heavy (non-hydrogen) atoms. The fourth-order valence-corrected chi connectivity index (χ4v) is 0.415. The maximum atomic E-state index is 10.4. The van der Waals surface area contributed by atoms with E-state index in [0.717, 1.165) is 0 Å². The molecule has 3 nitrogen and oxygen atoms in total. The van der Waals surface area contributed by atoms with Crippen molar-refractivity contribution in [3.05, 3.63) is 0 Å². The fourth-order valence-electron chi connectivity index (χ4n) is 0.415. The summed E-state index contributed by atoms with van der Waals surface area (Å²) in [6, 6.07) is 0. The molecule has 0 rings (SSSR count). The first kappa shape index (κ1) is 18.5. The summed E-state index contributed by atoms with van der Waals surface area (Å²) in [5, 5.41) is 0. The molecule has 0 heterocycles. The summed E-state index contributed by atoms with van der Waals surface area (Å²) in [5.74, 6) is -0.974. The normalized spacial score (nSPS) is 7.09. The Balaban J connectivity index is -0.000000320. The van der Waals surface area contributed by atoms with Crippen LogP contribution in [0.4, 0.5) is 0 Å². The molecule has 5 heteroatoms. The predicted octanol–water partition coefficient (Wildman–Crippen LogP) is -0.421. The van der Waals surface area contributed by atoms with Crippen molar-refractivity contribution in [2.24, 2.45) is 0 Å². The van der Waals surface area contributed by atoms with Gasteiger partial charge in [0, 0.05) is 13.3 Å². The second-order valence-corrected chi connectivity index (χ2v) is 1.72. The molecule has 0 aliphatic heterocycles. The zero-order chi connectivity index (χ0) is 7.28. The van der Waals surface area contributed by atoms with Gasteiger partial charge in [0.25, 0.3) is 0 Å². The summed E-state index contributed by atoms with van der Waals surface area (Å²) in [6.45, 7) is 3.06. The fraction of sp³-hybridized carbons (Fsp3) is 0.667. The summed E-state index contributed by atoms with van der Waals surface area (Å²) >= 11 is 0. The van der Waals surface area contributed by atoms with E-state index in [2.05, 4.69) is 4.74 Å². The van der Waals surface area contributed by atoms with Gasteiger partial charge in [-0.05, 0) is 6.42 Å². The predicted molar refractivity (Wildman–Crippen MR) is 46.0 cm³/mol. The average Bonchev–Trinajstić information content (AvgIpc) is 1.63. The summed E-state index contributed by atoms with van der Waals surface area (Å²) in [5.41, 5.74) is 0. The number of rotatable bonds is 2. The molecule has 0 amide bonds. The van der Waals surface area contributed by atoms with Gasteiger partial charge in [-0.1, -0.05) is 6.92 Å². The van der Waals surface area contributed by atoms with Crippen LogP contribution in [-0.2, 0) is 14.3 Å². The Morgan fingerprint density at radius 2 is 1.82 bits per heavy atom. The molecular formula is C6H12KNaO3. The van der Waals surface area contributed by atoms with E-state index in [9.17, 15) is 9.59 Å². The molecule has 0 aromatic heterocycles. The van der Waals surface area contributed by atoms with Crippen LogP contribution in [0.1, 0.15) is 26.7 Å². The van der Waals surface area contributed by atoms with Crippen LogP contribution in [0.15, 0.2) is 0 Å². The molecule has 0 saturated carbocycles. The molecule has 0 atom stereocenters. The number of carbonyl (C=O) groups excluding carboxylic acids is 2. The van der Waals surface area contributed by atoms with Crippen LogP contribution in [0.25, 0.3) is 0 Å². The van der Waals surface area contributed by atoms with Crippen molar-refractivity contribution < 1.29 is 14.3 Å². The van der Waals surface area contributed by atoms with E-state index in [-0.39, 0.29) is 80.9 Å². The van der Waals surface area contributed by atoms with E-state index in [0.29, 0.717) is 12.8 Å². The van der Waals surface area contributed by atoms with Gasteiger partial charge in [-0.2, -0.15) is 0 Å². The van der Waals surface area contributed by atoms with Gasteiger partial charge in [0.05, 0.1) is 0 Å². The Morgan fingerprint density at radius 3 is 2.09 bits per heavy atom. The van der Waals surface area contributed by atoms with Crippen molar-refractivity contribution in [2.45, 2.75) is 26.7 Å². The average molecular weight is 194 g/mol. The number of esters is 2. The van der Waals surface area contributed by atoms with Gasteiger partial charge >= 0.3 is 92.9 Å². The van der Waals surface area contributed by atoms with Crippen LogP contribution in [0.2, 0.25) is 0 Å². The van der Waals surface area contributed by atoms with Crippen molar-refractivity contribution in [1.29, 1.82) is 0 Å². The maximum absolute atomic E-state index is 10.4. The molecule has 0 aliphatic carbocycles. The third-order valence-electron chi connectivity index (χ3n) is 0.712. The summed E-state index contributed by atoms with van der Waals surface area (Å²) in [4.78, 5) is 20.5. The zero-order valence-electron chi connectivity index (χ0n) is 5.64. The van der Waals surface area contributed by atoms with Crippen LogP contribution in [0.5, 0.6) is 0 Å². The van der Waals surface area contributed by atoms with Crippen LogP contribution < -0.4 is 0 Å². The molecule has 0 unspecified atom stereocenters. The monoisotopic (exact) mass is 194 g/mol. The van der Waals surface area contributed by atoms with E-state index in [4.69, 9.17) is 0 Å². The van der Waals surface area contributed by atoms with Gasteiger partial charge in [0.2, 0.25) is 0 Å². The molecule has 0 fully saturated rings. The molecule has 0 aromatic rings. The summed E-state index contributed by atoms with van der Waals surface area (Å²) in [6.07, 6.45) is 1.03. The third kappa shape index (κ3) is 14.6. The first-order chi connectivity index (χ1) is 4.16. The van der Waals surface area contributed by atoms with Crippen molar-refractivity contribution in [1.82, 2.24) is 0 Å². The molecule has 0 aliphatic rings. The third-order valence-corrected chi connectivity index (χ3v) is 0.712. The molecular weight excluding hydrogens is 182 g/mol. The summed E-state index contributed by atoms with van der Waals surface area (Å²) in [7, 11) is 0. The van der Waals surface area contributed by atoms with E-state index in [1.807, 2.05) is 6.92 Å². The van der Waals surface area contributed by atoms with Crippen molar-refractivity contribution >= 4 is 92.9 Å².